The lowest BCUT2D eigenvalue weighted by atomic mass is 10.0. The van der Waals surface area contributed by atoms with E-state index in [4.69, 9.17) is 0 Å². The van der Waals surface area contributed by atoms with Crippen LogP contribution in [0.4, 0.5) is 0 Å². The highest BCUT2D eigenvalue weighted by atomic mass is 79.9. The van der Waals surface area contributed by atoms with Gasteiger partial charge in [0.1, 0.15) is 5.75 Å². The van der Waals surface area contributed by atoms with Gasteiger partial charge in [0.15, 0.2) is 0 Å². The molecule has 0 bridgehead atoms. The molecule has 1 aliphatic heterocycles. The third-order valence-corrected chi connectivity index (χ3v) is 4.12. The molecule has 0 radical (unpaired) electrons. The maximum atomic E-state index is 10.3. The highest BCUT2D eigenvalue weighted by molar-refractivity contribution is 9.10. The van der Waals surface area contributed by atoms with Gasteiger partial charge in [-0.3, -0.25) is 4.90 Å². The van der Waals surface area contributed by atoms with Crippen LogP contribution in [-0.2, 0) is 0 Å². The smallest absolute Gasteiger partial charge is 0.124 e. The molecule has 0 unspecified atom stereocenters. The van der Waals surface area contributed by atoms with Crippen LogP contribution in [0.3, 0.4) is 0 Å². The van der Waals surface area contributed by atoms with Crippen molar-refractivity contribution in [1.82, 2.24) is 10.2 Å². The Bertz CT molecular complexity index is 442. The summed E-state index contributed by atoms with van der Waals surface area (Å²) in [6.07, 6.45) is 1.91. The van der Waals surface area contributed by atoms with E-state index >= 15 is 0 Å². The minimum absolute atomic E-state index is 0.0568. The molecule has 1 aromatic carbocycles. The van der Waals surface area contributed by atoms with E-state index in [9.17, 15) is 5.11 Å². The summed E-state index contributed by atoms with van der Waals surface area (Å²) in [5.74, 6) is 0.368. The molecule has 0 aliphatic carbocycles. The largest absolute Gasteiger partial charge is 0.507 e. The zero-order valence-electron chi connectivity index (χ0n) is 10.6. The van der Waals surface area contributed by atoms with Crippen molar-refractivity contribution in [2.24, 2.45) is 0 Å². The number of halogens is 1. The number of benzene rings is 1. The Labute approximate surface area is 117 Å². The molecule has 18 heavy (non-hydrogen) atoms. The molecule has 3 nitrogen and oxygen atoms in total. The van der Waals surface area contributed by atoms with Gasteiger partial charge >= 0.3 is 0 Å². The molecule has 0 aromatic heterocycles. The first-order valence-corrected chi connectivity index (χ1v) is 6.99. The van der Waals surface area contributed by atoms with Crippen molar-refractivity contribution in [1.29, 1.82) is 0 Å². The Balaban J connectivity index is 2.37. The molecule has 2 N–H and O–H groups in total. The van der Waals surface area contributed by atoms with Crippen LogP contribution >= 0.6 is 15.9 Å². The van der Waals surface area contributed by atoms with E-state index in [1.165, 1.54) is 0 Å². The number of rotatable bonds is 3. The van der Waals surface area contributed by atoms with E-state index in [-0.39, 0.29) is 6.04 Å². The molecule has 1 saturated heterocycles. The van der Waals surface area contributed by atoms with Crippen molar-refractivity contribution < 1.29 is 5.11 Å². The van der Waals surface area contributed by atoms with Crippen molar-refractivity contribution in [2.45, 2.75) is 13.0 Å². The minimum atomic E-state index is 0.0568. The second-order valence-corrected chi connectivity index (χ2v) is 5.45. The highest BCUT2D eigenvalue weighted by Crippen LogP contribution is 2.37. The van der Waals surface area contributed by atoms with Crippen molar-refractivity contribution in [3.05, 3.63) is 40.4 Å². The van der Waals surface area contributed by atoms with E-state index in [0.717, 1.165) is 41.8 Å². The molecule has 1 fully saturated rings. The van der Waals surface area contributed by atoms with E-state index in [2.05, 4.69) is 32.7 Å². The van der Waals surface area contributed by atoms with Crippen molar-refractivity contribution >= 4 is 15.9 Å². The first-order chi connectivity index (χ1) is 8.65. The molecular weight excluding hydrogens is 292 g/mol. The summed E-state index contributed by atoms with van der Waals surface area (Å²) in [6, 6.07) is 3.96. The van der Waals surface area contributed by atoms with Crippen molar-refractivity contribution in [3.63, 3.8) is 0 Å². The first kappa shape index (κ1) is 13.6. The third-order valence-electron chi connectivity index (χ3n) is 3.43. The summed E-state index contributed by atoms with van der Waals surface area (Å²) in [5.41, 5.74) is 1.82. The van der Waals surface area contributed by atoms with Gasteiger partial charge in [0, 0.05) is 36.2 Å². The molecule has 0 spiro atoms. The lowest BCUT2D eigenvalue weighted by Gasteiger charge is -2.34. The molecular formula is C14H19BrN2O. The number of aromatic hydroxyl groups is 1. The molecule has 98 valence electrons. The van der Waals surface area contributed by atoms with Gasteiger partial charge in [-0.25, -0.2) is 0 Å². The Kier molecular flexibility index (Phi) is 4.43. The number of phenols is 1. The van der Waals surface area contributed by atoms with Gasteiger partial charge in [-0.2, -0.15) is 0 Å². The minimum Gasteiger partial charge on any atom is -0.507 e. The average molecular weight is 311 g/mol. The number of phenolic OH excluding ortho intramolecular Hbond substituents is 1. The van der Waals surface area contributed by atoms with Crippen LogP contribution in [0.1, 0.15) is 17.2 Å². The monoisotopic (exact) mass is 310 g/mol. The Morgan fingerprint density at radius 2 is 2.11 bits per heavy atom. The zero-order valence-corrected chi connectivity index (χ0v) is 12.2. The van der Waals surface area contributed by atoms with Crippen LogP contribution < -0.4 is 5.32 Å². The van der Waals surface area contributed by atoms with Crippen molar-refractivity contribution in [2.75, 3.05) is 26.2 Å². The fourth-order valence-corrected chi connectivity index (χ4v) is 2.94. The van der Waals surface area contributed by atoms with Gasteiger partial charge in [0.05, 0.1) is 6.04 Å². The van der Waals surface area contributed by atoms with E-state index in [1.54, 1.807) is 0 Å². The Morgan fingerprint density at radius 1 is 1.44 bits per heavy atom. The number of hydrogen-bond acceptors (Lipinski definition) is 3. The van der Waals surface area contributed by atoms with Crippen LogP contribution in [0, 0.1) is 6.92 Å². The van der Waals surface area contributed by atoms with Crippen LogP contribution in [0.2, 0.25) is 0 Å². The maximum Gasteiger partial charge on any atom is 0.124 e. The second kappa shape index (κ2) is 5.87. The predicted octanol–water partition coefficient (Wildman–Crippen LogP) is 2.60. The van der Waals surface area contributed by atoms with Gasteiger partial charge in [-0.1, -0.05) is 28.1 Å². The second-order valence-electron chi connectivity index (χ2n) is 4.59. The first-order valence-electron chi connectivity index (χ1n) is 6.20. The molecule has 0 saturated carbocycles. The number of aryl methyl sites for hydroxylation is 1. The van der Waals surface area contributed by atoms with Crippen molar-refractivity contribution in [3.8, 4) is 5.75 Å². The molecule has 1 heterocycles. The highest BCUT2D eigenvalue weighted by Gasteiger charge is 2.24. The molecule has 1 aliphatic rings. The van der Waals surface area contributed by atoms with Crippen LogP contribution in [0.25, 0.3) is 0 Å². The van der Waals surface area contributed by atoms with Gasteiger partial charge in [-0.15, -0.1) is 6.58 Å². The van der Waals surface area contributed by atoms with E-state index in [1.807, 2.05) is 25.1 Å². The Morgan fingerprint density at radius 3 is 2.72 bits per heavy atom. The molecule has 2 rings (SSSR count). The number of nitrogens with zero attached hydrogens (tertiary/aromatic N) is 1. The number of piperazine rings is 1. The molecule has 4 heteroatoms. The van der Waals surface area contributed by atoms with Gasteiger partial charge < -0.3 is 10.4 Å². The average Bonchev–Trinajstić information content (AvgIpc) is 2.40. The third kappa shape index (κ3) is 2.60. The van der Waals surface area contributed by atoms with E-state index < -0.39 is 0 Å². The standard InChI is InChI=1S/C14H19BrN2O/c1-3-12(17-8-6-16-7-9-17)13-11(15)5-4-10(2)14(13)18/h3-5,12,16,18H,1,6-9H2,2H3/t12-/m1/s1. The van der Waals surface area contributed by atoms with Gasteiger partial charge in [0.25, 0.3) is 0 Å². The summed E-state index contributed by atoms with van der Waals surface area (Å²) < 4.78 is 0.939. The van der Waals surface area contributed by atoms with Crippen LogP contribution in [0.15, 0.2) is 29.3 Å². The fourth-order valence-electron chi connectivity index (χ4n) is 2.38. The summed E-state index contributed by atoms with van der Waals surface area (Å²) in [6.45, 7) is 9.75. The predicted molar refractivity (Wildman–Crippen MR) is 77.9 cm³/mol. The van der Waals surface area contributed by atoms with Crippen LogP contribution in [0.5, 0.6) is 5.75 Å². The SMILES string of the molecule is C=C[C@H](c1c(Br)ccc(C)c1O)N1CCNCC1. The van der Waals surface area contributed by atoms with Gasteiger partial charge in [0.2, 0.25) is 0 Å². The normalized spacial score (nSPS) is 18.6. The molecule has 0 amide bonds. The topological polar surface area (TPSA) is 35.5 Å². The lowest BCUT2D eigenvalue weighted by Crippen LogP contribution is -2.44. The summed E-state index contributed by atoms with van der Waals surface area (Å²) in [5, 5.41) is 13.6. The summed E-state index contributed by atoms with van der Waals surface area (Å²) in [7, 11) is 0. The molecule has 1 aromatic rings. The fraction of sp³-hybridized carbons (Fsp3) is 0.429. The summed E-state index contributed by atoms with van der Waals surface area (Å²) >= 11 is 3.54. The van der Waals surface area contributed by atoms with Crippen LogP contribution in [-0.4, -0.2) is 36.2 Å². The lowest BCUT2D eigenvalue weighted by molar-refractivity contribution is 0.200. The summed E-state index contributed by atoms with van der Waals surface area (Å²) in [4.78, 5) is 2.34. The zero-order chi connectivity index (χ0) is 13.1. The maximum absolute atomic E-state index is 10.3. The van der Waals surface area contributed by atoms with Gasteiger partial charge in [-0.05, 0) is 18.6 Å². The van der Waals surface area contributed by atoms with E-state index in [0.29, 0.717) is 5.75 Å². The molecule has 1 atom stereocenters. The number of hydrogen-bond donors (Lipinski definition) is 2. The number of nitrogens with one attached hydrogen (secondary N) is 1. The Hall–Kier alpha value is -0.840. The quantitative estimate of drug-likeness (QED) is 0.842.